The first-order chi connectivity index (χ1) is 21.2. The Labute approximate surface area is 262 Å². The molecule has 0 radical (unpaired) electrons. The molecule has 1 aliphatic carbocycles. The van der Waals surface area contributed by atoms with E-state index in [1.54, 1.807) is 36.3 Å². The molecule has 2 aromatic rings. The van der Waals surface area contributed by atoms with Gasteiger partial charge in [-0.3, -0.25) is 19.2 Å². The van der Waals surface area contributed by atoms with Crippen LogP contribution in [0.5, 0.6) is 11.5 Å². The first-order valence-corrected chi connectivity index (χ1v) is 15.3. The lowest BCUT2D eigenvalue weighted by Gasteiger charge is -2.31. The normalized spacial score (nSPS) is 23.9. The van der Waals surface area contributed by atoms with Gasteiger partial charge < -0.3 is 34.8 Å². The molecular weight excluding hydrogens is 590 g/mol. The van der Waals surface area contributed by atoms with Crippen molar-refractivity contribution in [1.29, 1.82) is 0 Å². The summed E-state index contributed by atoms with van der Waals surface area (Å²) in [7, 11) is 1.57. The molecule has 3 aliphatic rings. The third-order valence-electron chi connectivity index (χ3n) is 8.51. The standard InChI is InChI=1S/C31H38ClN3O6.CH2O2/c1-40-27-11-8-21-17-28(27)41-15-14-34(30(38)20-6-9-24(36)10-7-20)13-3-12-33-29(37)26-19-35(18-25(21)26)31(39)22-4-2-5-23(32)16-22;2-1-3/h2,4-5,8,11,16-17,20,24-26,36H,3,6-7,9-10,12-15,18-19H2,1H3,(H,33,37);1H,(H,2,3)/t20?,24?,25-,26+;/m1./s1. The van der Waals surface area contributed by atoms with Crippen LogP contribution in [0.2, 0.25) is 5.02 Å². The molecule has 2 atom stereocenters. The number of halogens is 1. The minimum absolute atomic E-state index is 0.0747. The lowest BCUT2D eigenvalue weighted by Crippen LogP contribution is -2.42. The summed E-state index contributed by atoms with van der Waals surface area (Å²) in [5.41, 5.74) is 1.37. The van der Waals surface area contributed by atoms with Crippen LogP contribution in [0.25, 0.3) is 0 Å². The zero-order valence-corrected chi connectivity index (χ0v) is 25.6. The summed E-state index contributed by atoms with van der Waals surface area (Å²) in [5.74, 6) is 0.103. The molecule has 238 valence electrons. The van der Waals surface area contributed by atoms with E-state index in [1.165, 1.54) is 0 Å². The average Bonchev–Trinajstić information content (AvgIpc) is 3.47. The molecule has 1 saturated carbocycles. The van der Waals surface area contributed by atoms with E-state index in [9.17, 15) is 19.5 Å². The smallest absolute Gasteiger partial charge is 0.290 e. The van der Waals surface area contributed by atoms with Crippen molar-refractivity contribution in [1.82, 2.24) is 15.1 Å². The van der Waals surface area contributed by atoms with Gasteiger partial charge in [0.1, 0.15) is 6.61 Å². The molecule has 11 nitrogen and oxygen atoms in total. The van der Waals surface area contributed by atoms with Gasteiger partial charge in [-0.25, -0.2) is 0 Å². The van der Waals surface area contributed by atoms with Gasteiger partial charge in [-0.2, -0.15) is 0 Å². The maximum Gasteiger partial charge on any atom is 0.290 e. The second kappa shape index (κ2) is 15.8. The first-order valence-electron chi connectivity index (χ1n) is 14.9. The molecule has 1 saturated heterocycles. The summed E-state index contributed by atoms with van der Waals surface area (Å²) in [4.78, 5) is 52.2. The van der Waals surface area contributed by atoms with Crippen molar-refractivity contribution in [2.45, 2.75) is 44.1 Å². The van der Waals surface area contributed by atoms with E-state index >= 15 is 0 Å². The number of methoxy groups -OCH3 is 1. The minimum atomic E-state index is -0.450. The zero-order valence-electron chi connectivity index (χ0n) is 24.8. The van der Waals surface area contributed by atoms with Crippen LogP contribution < -0.4 is 14.8 Å². The number of fused-ring (bicyclic) bond motifs is 4. The number of amides is 3. The number of aliphatic hydroxyl groups excluding tert-OH is 1. The average molecular weight is 630 g/mol. The van der Waals surface area contributed by atoms with E-state index in [-0.39, 0.29) is 48.7 Å². The molecule has 0 spiro atoms. The van der Waals surface area contributed by atoms with E-state index < -0.39 is 5.92 Å². The van der Waals surface area contributed by atoms with Gasteiger partial charge in [0.25, 0.3) is 12.4 Å². The lowest BCUT2D eigenvalue weighted by atomic mass is 9.86. The fourth-order valence-electron chi connectivity index (χ4n) is 6.21. The Morgan fingerprint density at radius 2 is 1.77 bits per heavy atom. The Morgan fingerprint density at radius 1 is 1.05 bits per heavy atom. The molecule has 12 heteroatoms. The number of benzene rings is 2. The number of carboxylic acid groups (broad SMARTS) is 1. The van der Waals surface area contributed by atoms with Crippen LogP contribution in [0.4, 0.5) is 0 Å². The molecule has 0 aromatic heterocycles. The van der Waals surface area contributed by atoms with Crippen molar-refractivity contribution in [2.75, 3.05) is 46.4 Å². The summed E-state index contributed by atoms with van der Waals surface area (Å²) in [6.07, 6.45) is 2.91. The van der Waals surface area contributed by atoms with E-state index in [4.69, 9.17) is 31.0 Å². The number of nitrogens with one attached hydrogen (secondary N) is 1. The van der Waals surface area contributed by atoms with Crippen molar-refractivity contribution in [3.8, 4) is 11.5 Å². The van der Waals surface area contributed by atoms with Gasteiger partial charge >= 0.3 is 0 Å². The number of ether oxygens (including phenoxy) is 2. The minimum Gasteiger partial charge on any atom is -0.493 e. The van der Waals surface area contributed by atoms with E-state index in [0.717, 1.165) is 5.56 Å². The van der Waals surface area contributed by atoms with Crippen LogP contribution in [0.1, 0.15) is 53.9 Å². The van der Waals surface area contributed by atoms with Crippen LogP contribution in [-0.4, -0.2) is 96.8 Å². The van der Waals surface area contributed by atoms with Gasteiger partial charge in [0, 0.05) is 48.6 Å². The number of carbonyl (C=O) groups is 4. The second-order valence-electron chi connectivity index (χ2n) is 11.3. The number of rotatable bonds is 3. The van der Waals surface area contributed by atoms with Crippen LogP contribution in [0.3, 0.4) is 0 Å². The van der Waals surface area contributed by atoms with Crippen molar-refractivity contribution >= 4 is 35.8 Å². The van der Waals surface area contributed by atoms with E-state index in [2.05, 4.69) is 5.32 Å². The van der Waals surface area contributed by atoms with Gasteiger partial charge in [-0.1, -0.05) is 23.7 Å². The number of hydrogen-bond donors (Lipinski definition) is 3. The highest BCUT2D eigenvalue weighted by atomic mass is 35.5. The highest BCUT2D eigenvalue weighted by Crippen LogP contribution is 2.38. The van der Waals surface area contributed by atoms with Gasteiger partial charge in [-0.05, 0) is 68.0 Å². The van der Waals surface area contributed by atoms with Crippen LogP contribution in [-0.2, 0) is 14.4 Å². The molecule has 3 amide bonds. The number of likely N-dealkylation sites (tertiary alicyclic amines) is 1. The van der Waals surface area contributed by atoms with Gasteiger partial charge in [0.15, 0.2) is 11.5 Å². The molecule has 0 unspecified atom stereocenters. The largest absolute Gasteiger partial charge is 0.493 e. The highest BCUT2D eigenvalue weighted by molar-refractivity contribution is 6.31. The maximum atomic E-state index is 13.5. The summed E-state index contributed by atoms with van der Waals surface area (Å²) in [6.45, 7) is 2.03. The van der Waals surface area contributed by atoms with Crippen LogP contribution in [0, 0.1) is 11.8 Å². The summed E-state index contributed by atoms with van der Waals surface area (Å²) >= 11 is 6.14. The molecule has 5 rings (SSSR count). The Kier molecular flexibility index (Phi) is 11.8. The van der Waals surface area contributed by atoms with E-state index in [0.29, 0.717) is 87.0 Å². The van der Waals surface area contributed by atoms with Crippen molar-refractivity contribution < 1.29 is 38.9 Å². The number of hydrogen-bond acceptors (Lipinski definition) is 7. The quantitative estimate of drug-likeness (QED) is 0.439. The molecule has 2 fully saturated rings. The SMILES string of the molecule is COc1ccc2cc1OCCN(C(=O)C1CCC(O)CC1)CCCNC(=O)[C@H]1CN(C(=O)c3cccc(Cl)c3)C[C@H]21.O=CO. The maximum absolute atomic E-state index is 13.5. The van der Waals surface area contributed by atoms with Crippen LogP contribution in [0.15, 0.2) is 42.5 Å². The monoisotopic (exact) mass is 629 g/mol. The van der Waals surface area contributed by atoms with Crippen molar-refractivity contribution in [3.05, 3.63) is 58.6 Å². The lowest BCUT2D eigenvalue weighted by molar-refractivity contribution is -0.137. The predicted octanol–water partition coefficient (Wildman–Crippen LogP) is 3.18. The fourth-order valence-corrected chi connectivity index (χ4v) is 6.40. The third-order valence-corrected chi connectivity index (χ3v) is 8.75. The topological polar surface area (TPSA) is 146 Å². The Balaban J connectivity index is 0.00000141. The van der Waals surface area contributed by atoms with Gasteiger partial charge in [0.2, 0.25) is 11.8 Å². The van der Waals surface area contributed by atoms with Gasteiger partial charge in [-0.15, -0.1) is 0 Å². The van der Waals surface area contributed by atoms with Crippen LogP contribution >= 0.6 is 11.6 Å². The Bertz CT molecular complexity index is 1320. The Hall–Kier alpha value is -3.83. The second-order valence-corrected chi connectivity index (χ2v) is 11.7. The molecule has 3 N–H and O–H groups in total. The van der Waals surface area contributed by atoms with Crippen molar-refractivity contribution in [3.63, 3.8) is 0 Å². The molecule has 2 heterocycles. The molecule has 2 aliphatic heterocycles. The van der Waals surface area contributed by atoms with E-state index in [1.807, 2.05) is 23.1 Å². The van der Waals surface area contributed by atoms with Crippen molar-refractivity contribution in [2.24, 2.45) is 11.8 Å². The number of carbonyl (C=O) groups excluding carboxylic acids is 3. The molecule has 2 aromatic carbocycles. The van der Waals surface area contributed by atoms with Gasteiger partial charge in [0.05, 0.1) is 25.7 Å². The fraction of sp³-hybridized carbons (Fsp3) is 0.500. The predicted molar refractivity (Wildman–Crippen MR) is 163 cm³/mol. The number of aliphatic hydroxyl groups is 1. The molecule has 2 bridgehead atoms. The zero-order chi connectivity index (χ0) is 31.6. The molecular formula is C32H40ClN3O8. The molecule has 44 heavy (non-hydrogen) atoms. The summed E-state index contributed by atoms with van der Waals surface area (Å²) in [6, 6.07) is 12.5. The third kappa shape index (κ3) is 8.21. The number of nitrogens with zero attached hydrogens (tertiary/aromatic N) is 2. The highest BCUT2D eigenvalue weighted by Gasteiger charge is 2.41. The Morgan fingerprint density at radius 3 is 2.48 bits per heavy atom. The summed E-state index contributed by atoms with van der Waals surface area (Å²) < 4.78 is 11.7. The first kappa shape index (κ1) is 33.1. The summed E-state index contributed by atoms with van der Waals surface area (Å²) in [5, 5.41) is 20.3.